The van der Waals surface area contributed by atoms with Crippen molar-refractivity contribution in [1.82, 2.24) is 5.32 Å². The molecular weight excluding hydrogens is 254 g/mol. The summed E-state index contributed by atoms with van der Waals surface area (Å²) in [5.74, 6) is 3.07. The predicted molar refractivity (Wildman–Crippen MR) is 92.9 cm³/mol. The van der Waals surface area contributed by atoms with Gasteiger partial charge in [-0.15, -0.1) is 0 Å². The van der Waals surface area contributed by atoms with E-state index in [0.717, 1.165) is 24.3 Å². The normalized spacial score (nSPS) is 26.2. The van der Waals surface area contributed by atoms with Gasteiger partial charge < -0.3 is 5.32 Å². The minimum Gasteiger partial charge on any atom is -0.316 e. The second-order valence-electron chi connectivity index (χ2n) is 7.31. The van der Waals surface area contributed by atoms with Crippen molar-refractivity contribution in [2.24, 2.45) is 11.8 Å². The van der Waals surface area contributed by atoms with Gasteiger partial charge in [0, 0.05) is 0 Å². The quantitative estimate of drug-likeness (QED) is 0.697. The van der Waals surface area contributed by atoms with E-state index in [1.54, 1.807) is 5.56 Å². The summed E-state index contributed by atoms with van der Waals surface area (Å²) in [5.41, 5.74) is 3.03. The van der Waals surface area contributed by atoms with E-state index in [9.17, 15) is 0 Å². The fourth-order valence-electron chi connectivity index (χ4n) is 3.69. The van der Waals surface area contributed by atoms with E-state index in [1.807, 2.05) is 0 Å². The molecule has 3 atom stereocenters. The molecule has 1 aromatic carbocycles. The SMILES string of the molecule is CCCNCC1CCC(C)CC1c1ccc(C(C)C)cc1. The highest BCUT2D eigenvalue weighted by atomic mass is 14.9. The molecule has 0 saturated heterocycles. The molecule has 1 heteroatoms. The van der Waals surface area contributed by atoms with Crippen molar-refractivity contribution in [2.45, 2.75) is 65.2 Å². The molecule has 1 N–H and O–H groups in total. The molecule has 118 valence electrons. The van der Waals surface area contributed by atoms with Gasteiger partial charge in [-0.05, 0) is 67.2 Å². The maximum absolute atomic E-state index is 3.65. The molecule has 1 saturated carbocycles. The van der Waals surface area contributed by atoms with Gasteiger partial charge in [0.2, 0.25) is 0 Å². The van der Waals surface area contributed by atoms with Crippen LogP contribution in [0.3, 0.4) is 0 Å². The first-order chi connectivity index (χ1) is 10.1. The molecule has 0 bridgehead atoms. The van der Waals surface area contributed by atoms with Crippen LogP contribution in [0.15, 0.2) is 24.3 Å². The molecule has 0 spiro atoms. The smallest absolute Gasteiger partial charge is 0.00147 e. The number of hydrogen-bond acceptors (Lipinski definition) is 1. The Morgan fingerprint density at radius 1 is 1.14 bits per heavy atom. The molecule has 0 aromatic heterocycles. The van der Waals surface area contributed by atoms with Crippen LogP contribution in [0.1, 0.15) is 76.3 Å². The molecule has 0 radical (unpaired) electrons. The van der Waals surface area contributed by atoms with Gasteiger partial charge in [0.15, 0.2) is 0 Å². The van der Waals surface area contributed by atoms with E-state index in [4.69, 9.17) is 0 Å². The maximum Gasteiger partial charge on any atom is -0.00147 e. The van der Waals surface area contributed by atoms with E-state index >= 15 is 0 Å². The lowest BCUT2D eigenvalue weighted by Crippen LogP contribution is -2.31. The Labute approximate surface area is 131 Å². The van der Waals surface area contributed by atoms with Crippen molar-refractivity contribution in [3.05, 3.63) is 35.4 Å². The molecule has 1 fully saturated rings. The van der Waals surface area contributed by atoms with Crippen molar-refractivity contribution in [3.63, 3.8) is 0 Å². The van der Waals surface area contributed by atoms with Crippen LogP contribution in [0.4, 0.5) is 0 Å². The van der Waals surface area contributed by atoms with E-state index in [2.05, 4.69) is 57.3 Å². The third-order valence-electron chi connectivity index (χ3n) is 5.12. The monoisotopic (exact) mass is 287 g/mol. The van der Waals surface area contributed by atoms with Crippen molar-refractivity contribution < 1.29 is 0 Å². The summed E-state index contributed by atoms with van der Waals surface area (Å²) in [5, 5.41) is 3.65. The summed E-state index contributed by atoms with van der Waals surface area (Å²) in [7, 11) is 0. The number of benzene rings is 1. The van der Waals surface area contributed by atoms with Crippen molar-refractivity contribution in [2.75, 3.05) is 13.1 Å². The molecule has 1 aliphatic rings. The van der Waals surface area contributed by atoms with Crippen molar-refractivity contribution >= 4 is 0 Å². The standard InChI is InChI=1S/C20H33N/c1-5-12-21-14-19-7-6-16(4)13-20(19)18-10-8-17(9-11-18)15(2)3/h8-11,15-16,19-21H,5-7,12-14H2,1-4H3. The highest BCUT2D eigenvalue weighted by molar-refractivity contribution is 5.28. The lowest BCUT2D eigenvalue weighted by molar-refractivity contribution is 0.242. The molecule has 2 rings (SSSR count). The van der Waals surface area contributed by atoms with Gasteiger partial charge >= 0.3 is 0 Å². The average Bonchev–Trinajstić information content (AvgIpc) is 2.49. The third kappa shape index (κ3) is 4.57. The third-order valence-corrected chi connectivity index (χ3v) is 5.12. The van der Waals surface area contributed by atoms with Gasteiger partial charge in [0.1, 0.15) is 0 Å². The summed E-state index contributed by atoms with van der Waals surface area (Å²) in [6.45, 7) is 11.6. The van der Waals surface area contributed by atoms with Crippen LogP contribution in [-0.4, -0.2) is 13.1 Å². The summed E-state index contributed by atoms with van der Waals surface area (Å²) in [6, 6.07) is 9.47. The molecule has 0 aliphatic heterocycles. The van der Waals surface area contributed by atoms with Crippen LogP contribution >= 0.6 is 0 Å². The topological polar surface area (TPSA) is 12.0 Å². The van der Waals surface area contributed by atoms with E-state index in [-0.39, 0.29) is 0 Å². The Morgan fingerprint density at radius 2 is 1.86 bits per heavy atom. The zero-order chi connectivity index (χ0) is 15.2. The van der Waals surface area contributed by atoms with E-state index in [0.29, 0.717) is 5.92 Å². The minimum absolute atomic E-state index is 0.631. The molecule has 1 aromatic rings. The Kier molecular flexibility index (Phi) is 6.29. The Balaban J connectivity index is 2.07. The maximum atomic E-state index is 3.65. The molecule has 1 nitrogen and oxygen atoms in total. The molecule has 21 heavy (non-hydrogen) atoms. The second kappa shape index (κ2) is 7.98. The average molecular weight is 287 g/mol. The fourth-order valence-corrected chi connectivity index (χ4v) is 3.69. The summed E-state index contributed by atoms with van der Waals surface area (Å²) in [4.78, 5) is 0. The highest BCUT2D eigenvalue weighted by Gasteiger charge is 2.29. The van der Waals surface area contributed by atoms with Gasteiger partial charge in [-0.1, -0.05) is 58.4 Å². The van der Waals surface area contributed by atoms with Crippen LogP contribution in [0.5, 0.6) is 0 Å². The lowest BCUT2D eigenvalue weighted by Gasteiger charge is -2.35. The van der Waals surface area contributed by atoms with Crippen LogP contribution < -0.4 is 5.32 Å². The second-order valence-corrected chi connectivity index (χ2v) is 7.31. The lowest BCUT2D eigenvalue weighted by atomic mass is 9.71. The number of rotatable bonds is 6. The molecule has 0 amide bonds. The zero-order valence-electron chi connectivity index (χ0n) is 14.4. The van der Waals surface area contributed by atoms with Crippen LogP contribution in [0, 0.1) is 11.8 Å². The summed E-state index contributed by atoms with van der Waals surface area (Å²) in [6.07, 6.45) is 5.38. The van der Waals surface area contributed by atoms with Crippen LogP contribution in [0.2, 0.25) is 0 Å². The highest BCUT2D eigenvalue weighted by Crippen LogP contribution is 2.40. The Morgan fingerprint density at radius 3 is 2.48 bits per heavy atom. The van der Waals surface area contributed by atoms with Gasteiger partial charge in [0.05, 0.1) is 0 Å². The first kappa shape index (κ1) is 16.5. The van der Waals surface area contributed by atoms with Crippen LogP contribution in [0.25, 0.3) is 0 Å². The number of nitrogens with one attached hydrogen (secondary N) is 1. The van der Waals surface area contributed by atoms with Gasteiger partial charge in [-0.25, -0.2) is 0 Å². The summed E-state index contributed by atoms with van der Waals surface area (Å²) < 4.78 is 0. The Bertz CT molecular complexity index is 406. The van der Waals surface area contributed by atoms with E-state index < -0.39 is 0 Å². The van der Waals surface area contributed by atoms with E-state index in [1.165, 1.54) is 37.8 Å². The van der Waals surface area contributed by atoms with Crippen molar-refractivity contribution in [1.29, 1.82) is 0 Å². The van der Waals surface area contributed by atoms with Crippen LogP contribution in [-0.2, 0) is 0 Å². The predicted octanol–water partition coefficient (Wildman–Crippen LogP) is 5.33. The molecule has 0 heterocycles. The van der Waals surface area contributed by atoms with Gasteiger partial charge in [-0.2, -0.15) is 0 Å². The van der Waals surface area contributed by atoms with Gasteiger partial charge in [-0.3, -0.25) is 0 Å². The van der Waals surface area contributed by atoms with Crippen molar-refractivity contribution in [3.8, 4) is 0 Å². The first-order valence-corrected chi connectivity index (χ1v) is 8.92. The first-order valence-electron chi connectivity index (χ1n) is 8.92. The van der Waals surface area contributed by atoms with Gasteiger partial charge in [0.25, 0.3) is 0 Å². The molecular formula is C20H33N. The summed E-state index contributed by atoms with van der Waals surface area (Å²) >= 11 is 0. The molecule has 1 aliphatic carbocycles. The minimum atomic E-state index is 0.631. The zero-order valence-corrected chi connectivity index (χ0v) is 14.4. The Hall–Kier alpha value is -0.820. The number of hydrogen-bond donors (Lipinski definition) is 1. The molecule has 3 unspecified atom stereocenters. The fraction of sp³-hybridized carbons (Fsp3) is 0.700. The largest absolute Gasteiger partial charge is 0.316 e.